The molecule has 13 heavy (non-hydrogen) atoms. The van der Waals surface area contributed by atoms with Crippen LogP contribution in [0, 0.1) is 0 Å². The van der Waals surface area contributed by atoms with E-state index in [-0.39, 0.29) is 5.91 Å². The van der Waals surface area contributed by atoms with E-state index in [0.29, 0.717) is 6.42 Å². The summed E-state index contributed by atoms with van der Waals surface area (Å²) >= 11 is 0. The van der Waals surface area contributed by atoms with Gasteiger partial charge in [0.05, 0.1) is 0 Å². The van der Waals surface area contributed by atoms with E-state index in [0.717, 1.165) is 32.5 Å². The molecular formula is C10H22N2O. The third-order valence-electron chi connectivity index (χ3n) is 1.93. The summed E-state index contributed by atoms with van der Waals surface area (Å²) in [7, 11) is 1.87. The zero-order valence-electron chi connectivity index (χ0n) is 9.10. The molecule has 3 nitrogen and oxygen atoms in total. The Morgan fingerprint density at radius 3 is 2.15 bits per heavy atom. The molecule has 78 valence electrons. The lowest BCUT2D eigenvalue weighted by atomic mass is 10.3. The van der Waals surface area contributed by atoms with Crippen molar-refractivity contribution in [2.45, 2.75) is 33.1 Å². The normalized spacial score (nSPS) is 10.1. The molecule has 0 fully saturated rings. The Morgan fingerprint density at radius 1 is 1.23 bits per heavy atom. The number of nitrogens with zero attached hydrogens (tertiary/aromatic N) is 1. The second kappa shape index (κ2) is 8.05. The van der Waals surface area contributed by atoms with Crippen molar-refractivity contribution < 1.29 is 4.79 Å². The summed E-state index contributed by atoms with van der Waals surface area (Å²) in [5, 5.41) is 2.99. The van der Waals surface area contributed by atoms with E-state index in [1.165, 1.54) is 0 Å². The maximum Gasteiger partial charge on any atom is 0.223 e. The number of nitrogens with one attached hydrogen (secondary N) is 1. The molecule has 1 N–H and O–H groups in total. The smallest absolute Gasteiger partial charge is 0.223 e. The SMILES string of the molecule is CCCN(CCC)C(=O)CCNC. The zero-order valence-corrected chi connectivity index (χ0v) is 9.10. The Morgan fingerprint density at radius 2 is 1.77 bits per heavy atom. The molecule has 0 radical (unpaired) electrons. The molecule has 0 rings (SSSR count). The summed E-state index contributed by atoms with van der Waals surface area (Å²) in [6, 6.07) is 0. The first-order valence-electron chi connectivity index (χ1n) is 5.18. The van der Waals surface area contributed by atoms with Crippen molar-refractivity contribution in [3.8, 4) is 0 Å². The van der Waals surface area contributed by atoms with Crippen LogP contribution >= 0.6 is 0 Å². The lowest BCUT2D eigenvalue weighted by Crippen LogP contribution is -2.34. The average Bonchev–Trinajstić information content (AvgIpc) is 2.14. The molecule has 0 aromatic heterocycles. The molecule has 0 unspecified atom stereocenters. The highest BCUT2D eigenvalue weighted by atomic mass is 16.2. The van der Waals surface area contributed by atoms with Crippen molar-refractivity contribution in [1.29, 1.82) is 0 Å². The van der Waals surface area contributed by atoms with Gasteiger partial charge in [-0.1, -0.05) is 13.8 Å². The van der Waals surface area contributed by atoms with E-state index >= 15 is 0 Å². The van der Waals surface area contributed by atoms with Gasteiger partial charge in [-0.2, -0.15) is 0 Å². The minimum atomic E-state index is 0.276. The summed E-state index contributed by atoms with van der Waals surface area (Å²) in [5.74, 6) is 0.276. The molecule has 0 saturated carbocycles. The van der Waals surface area contributed by atoms with E-state index in [9.17, 15) is 4.79 Å². The largest absolute Gasteiger partial charge is 0.343 e. The van der Waals surface area contributed by atoms with Crippen LogP contribution in [-0.4, -0.2) is 37.5 Å². The van der Waals surface area contributed by atoms with Gasteiger partial charge < -0.3 is 10.2 Å². The first-order chi connectivity index (χ1) is 6.26. The van der Waals surface area contributed by atoms with E-state index < -0.39 is 0 Å². The summed E-state index contributed by atoms with van der Waals surface area (Å²) in [6.45, 7) is 6.79. The standard InChI is InChI=1S/C10H22N2O/c1-4-8-12(9-5-2)10(13)6-7-11-3/h11H,4-9H2,1-3H3. The molecule has 0 aliphatic heterocycles. The molecular weight excluding hydrogens is 164 g/mol. The van der Waals surface area contributed by atoms with Crippen molar-refractivity contribution in [3.05, 3.63) is 0 Å². The van der Waals surface area contributed by atoms with Gasteiger partial charge in [-0.3, -0.25) is 4.79 Å². The molecule has 0 aliphatic rings. The lowest BCUT2D eigenvalue weighted by Gasteiger charge is -2.21. The third-order valence-corrected chi connectivity index (χ3v) is 1.93. The maximum atomic E-state index is 11.6. The Bertz CT molecular complexity index is 131. The predicted molar refractivity (Wildman–Crippen MR) is 55.7 cm³/mol. The number of amides is 1. The first-order valence-corrected chi connectivity index (χ1v) is 5.18. The Balaban J connectivity index is 3.80. The number of carbonyl (C=O) groups is 1. The molecule has 0 spiro atoms. The Hall–Kier alpha value is -0.570. The van der Waals surface area contributed by atoms with E-state index in [1.54, 1.807) is 0 Å². The second-order valence-corrected chi connectivity index (χ2v) is 3.23. The quantitative estimate of drug-likeness (QED) is 0.649. The highest BCUT2D eigenvalue weighted by molar-refractivity contribution is 5.76. The van der Waals surface area contributed by atoms with Crippen LogP contribution in [0.2, 0.25) is 0 Å². The van der Waals surface area contributed by atoms with E-state index in [4.69, 9.17) is 0 Å². The van der Waals surface area contributed by atoms with Crippen LogP contribution in [0.4, 0.5) is 0 Å². The van der Waals surface area contributed by atoms with Gasteiger partial charge in [0.2, 0.25) is 5.91 Å². The van der Waals surface area contributed by atoms with E-state index in [1.807, 2.05) is 11.9 Å². The maximum absolute atomic E-state index is 11.6. The van der Waals surface area contributed by atoms with Crippen LogP contribution in [0.25, 0.3) is 0 Å². The van der Waals surface area contributed by atoms with Crippen molar-refractivity contribution in [2.24, 2.45) is 0 Å². The molecule has 0 atom stereocenters. The van der Waals surface area contributed by atoms with Gasteiger partial charge in [-0.15, -0.1) is 0 Å². The zero-order chi connectivity index (χ0) is 10.1. The van der Waals surface area contributed by atoms with Crippen molar-refractivity contribution in [1.82, 2.24) is 10.2 Å². The number of hydrogen-bond acceptors (Lipinski definition) is 2. The van der Waals surface area contributed by atoms with Crippen LogP contribution in [0.1, 0.15) is 33.1 Å². The summed E-state index contributed by atoms with van der Waals surface area (Å²) in [5.41, 5.74) is 0. The van der Waals surface area contributed by atoms with Crippen LogP contribution in [0.3, 0.4) is 0 Å². The van der Waals surface area contributed by atoms with Crippen LogP contribution in [0.15, 0.2) is 0 Å². The number of carbonyl (C=O) groups excluding carboxylic acids is 1. The van der Waals surface area contributed by atoms with Crippen molar-refractivity contribution in [2.75, 3.05) is 26.7 Å². The number of hydrogen-bond donors (Lipinski definition) is 1. The molecule has 3 heteroatoms. The monoisotopic (exact) mass is 186 g/mol. The Kier molecular flexibility index (Phi) is 7.69. The van der Waals surface area contributed by atoms with Gasteiger partial charge >= 0.3 is 0 Å². The number of rotatable bonds is 7. The minimum absolute atomic E-state index is 0.276. The molecule has 0 bridgehead atoms. The summed E-state index contributed by atoms with van der Waals surface area (Å²) in [4.78, 5) is 13.5. The minimum Gasteiger partial charge on any atom is -0.343 e. The Labute approximate surface area is 81.5 Å². The lowest BCUT2D eigenvalue weighted by molar-refractivity contribution is -0.131. The molecule has 0 aromatic rings. The first kappa shape index (κ1) is 12.4. The molecule has 0 saturated heterocycles. The molecule has 0 aromatic carbocycles. The molecule has 0 heterocycles. The molecule has 1 amide bonds. The fraction of sp³-hybridized carbons (Fsp3) is 0.900. The fourth-order valence-electron chi connectivity index (χ4n) is 1.29. The van der Waals surface area contributed by atoms with Crippen LogP contribution in [-0.2, 0) is 4.79 Å². The van der Waals surface area contributed by atoms with Gasteiger partial charge in [0.25, 0.3) is 0 Å². The van der Waals surface area contributed by atoms with Crippen LogP contribution in [0.5, 0.6) is 0 Å². The van der Waals surface area contributed by atoms with Gasteiger partial charge in [-0.05, 0) is 19.9 Å². The van der Waals surface area contributed by atoms with Crippen molar-refractivity contribution >= 4 is 5.91 Å². The summed E-state index contributed by atoms with van der Waals surface area (Å²) < 4.78 is 0. The van der Waals surface area contributed by atoms with Gasteiger partial charge in [-0.25, -0.2) is 0 Å². The third kappa shape index (κ3) is 5.64. The van der Waals surface area contributed by atoms with Gasteiger partial charge in [0, 0.05) is 26.1 Å². The van der Waals surface area contributed by atoms with Crippen LogP contribution < -0.4 is 5.32 Å². The van der Waals surface area contributed by atoms with Crippen molar-refractivity contribution in [3.63, 3.8) is 0 Å². The highest BCUT2D eigenvalue weighted by Gasteiger charge is 2.09. The molecule has 0 aliphatic carbocycles. The van der Waals surface area contributed by atoms with E-state index in [2.05, 4.69) is 19.2 Å². The second-order valence-electron chi connectivity index (χ2n) is 3.23. The average molecular weight is 186 g/mol. The predicted octanol–water partition coefficient (Wildman–Crippen LogP) is 1.24. The van der Waals surface area contributed by atoms with Gasteiger partial charge in [0.1, 0.15) is 0 Å². The summed E-state index contributed by atoms with van der Waals surface area (Å²) in [6.07, 6.45) is 2.72. The van der Waals surface area contributed by atoms with Gasteiger partial charge in [0.15, 0.2) is 0 Å². The topological polar surface area (TPSA) is 32.3 Å². The highest BCUT2D eigenvalue weighted by Crippen LogP contribution is 1.97. The fourth-order valence-corrected chi connectivity index (χ4v) is 1.29.